The van der Waals surface area contributed by atoms with Crippen LogP contribution in [-0.2, 0) is 41.4 Å². The molecular weight excluding hydrogens is 529 g/mol. The maximum atomic E-state index is 12.7. The van der Waals surface area contributed by atoms with Crippen molar-refractivity contribution in [1.82, 2.24) is 0 Å². The Bertz CT molecular complexity index is 1130. The topological polar surface area (TPSA) is 136 Å². The largest absolute Gasteiger partial charge is 0.475 e. The van der Waals surface area contributed by atoms with Gasteiger partial charge in [-0.3, -0.25) is 14.9 Å². The second kappa shape index (κ2) is 13.4. The Morgan fingerprint density at radius 2 is 1.86 bits per heavy atom. The Morgan fingerprint density at radius 1 is 1.19 bits per heavy atom. The second-order valence-electron chi connectivity index (χ2n) is 7.07. The predicted octanol–water partition coefficient (Wildman–Crippen LogP) is 3.97. The number of hydrogen-bond acceptors (Lipinski definition) is 10. The molecule has 0 saturated heterocycles. The van der Waals surface area contributed by atoms with Crippen LogP contribution in [0, 0.1) is 10.1 Å². The minimum atomic E-state index is -4.64. The fraction of sp³-hybridized carbons (Fsp3) is 0.318. The van der Waals surface area contributed by atoms with Gasteiger partial charge in [0.05, 0.1) is 35.4 Å². The Balaban J connectivity index is 1.87. The standard InChI is InChI=1S/C22H20ClF3N2O9/c1-13(20(30)33-2)36-19(29)12-35-27-10-14-3-5-15(6-4-14)11-34-21(28(31)32)37-18-8-7-16(9-17(18)23)22(24,25)26/h3-10,13,21H,11-12H2,1-2H3/b27-10+. The average Bonchev–Trinajstić information content (AvgIpc) is 2.84. The minimum absolute atomic E-state index is 0.276. The van der Waals surface area contributed by atoms with E-state index in [1.807, 2.05) is 0 Å². The van der Waals surface area contributed by atoms with Crippen molar-refractivity contribution in [2.75, 3.05) is 13.7 Å². The Labute approximate surface area is 212 Å². The summed E-state index contributed by atoms with van der Waals surface area (Å²) in [6.45, 7) is 0.513. The molecule has 0 radical (unpaired) electrons. The summed E-state index contributed by atoms with van der Waals surface area (Å²) < 4.78 is 57.6. The molecule has 0 aliphatic carbocycles. The highest BCUT2D eigenvalue weighted by atomic mass is 35.5. The van der Waals surface area contributed by atoms with Gasteiger partial charge in [0, 0.05) is 0 Å². The molecule has 0 amide bonds. The van der Waals surface area contributed by atoms with E-state index in [-0.39, 0.29) is 12.4 Å². The summed E-state index contributed by atoms with van der Waals surface area (Å²) in [5.41, 5.74) is -0.00313. The zero-order valence-corrected chi connectivity index (χ0v) is 20.0. The summed E-state index contributed by atoms with van der Waals surface area (Å²) in [5, 5.41) is 14.4. The number of oxime groups is 1. The SMILES string of the molecule is COC(=O)C(C)OC(=O)CO/N=C/c1ccc(COC(Oc2ccc(C(F)(F)F)cc2Cl)[N+](=O)[O-])cc1. The van der Waals surface area contributed by atoms with Crippen LogP contribution in [0.5, 0.6) is 5.75 Å². The number of alkyl halides is 3. The third-order valence-electron chi connectivity index (χ3n) is 4.33. The smallest absolute Gasteiger partial charge is 0.466 e. The van der Waals surface area contributed by atoms with E-state index >= 15 is 0 Å². The number of benzene rings is 2. The van der Waals surface area contributed by atoms with E-state index in [1.54, 1.807) is 24.3 Å². The number of ether oxygens (including phenoxy) is 4. The molecular formula is C22H20ClF3N2O9. The Morgan fingerprint density at radius 3 is 2.43 bits per heavy atom. The number of rotatable bonds is 12. The van der Waals surface area contributed by atoms with Crippen molar-refractivity contribution < 1.29 is 51.5 Å². The first-order chi connectivity index (χ1) is 17.4. The van der Waals surface area contributed by atoms with Crippen LogP contribution in [0.1, 0.15) is 23.6 Å². The molecule has 0 bridgehead atoms. The van der Waals surface area contributed by atoms with E-state index in [1.165, 1.54) is 13.1 Å². The van der Waals surface area contributed by atoms with Gasteiger partial charge in [-0.2, -0.15) is 13.2 Å². The normalized spacial score (nSPS) is 13.0. The molecule has 2 atom stereocenters. The first-order valence-electron chi connectivity index (χ1n) is 10.2. The van der Waals surface area contributed by atoms with Crippen molar-refractivity contribution in [2.24, 2.45) is 5.16 Å². The van der Waals surface area contributed by atoms with Crippen LogP contribution in [0.2, 0.25) is 5.02 Å². The first kappa shape index (κ1) is 29.3. The van der Waals surface area contributed by atoms with E-state index in [2.05, 4.69) is 9.89 Å². The van der Waals surface area contributed by atoms with Crippen molar-refractivity contribution in [3.63, 3.8) is 0 Å². The molecule has 2 aromatic carbocycles. The number of hydrogen-bond donors (Lipinski definition) is 0. The molecule has 2 unspecified atom stereocenters. The molecule has 0 aliphatic heterocycles. The van der Waals surface area contributed by atoms with E-state index in [4.69, 9.17) is 30.6 Å². The highest BCUT2D eigenvalue weighted by Gasteiger charge is 2.32. The van der Waals surface area contributed by atoms with Gasteiger partial charge >= 0.3 is 24.5 Å². The molecule has 0 fully saturated rings. The number of carbonyl (C=O) groups is 2. The molecule has 0 heterocycles. The third kappa shape index (κ3) is 9.57. The molecule has 11 nitrogen and oxygen atoms in total. The number of esters is 2. The molecule has 2 aromatic rings. The van der Waals surface area contributed by atoms with Crippen LogP contribution in [0.4, 0.5) is 13.2 Å². The van der Waals surface area contributed by atoms with Gasteiger partial charge in [0.1, 0.15) is 5.75 Å². The van der Waals surface area contributed by atoms with Gasteiger partial charge in [-0.15, -0.1) is 0 Å². The van der Waals surface area contributed by atoms with E-state index < -0.39 is 52.7 Å². The van der Waals surface area contributed by atoms with E-state index in [0.29, 0.717) is 23.3 Å². The number of methoxy groups -OCH3 is 1. The van der Waals surface area contributed by atoms with Crippen molar-refractivity contribution in [3.05, 3.63) is 74.3 Å². The number of nitrogens with zero attached hydrogens (tertiary/aromatic N) is 2. The Kier molecular flexibility index (Phi) is 10.6. The molecule has 0 aliphatic rings. The highest BCUT2D eigenvalue weighted by molar-refractivity contribution is 6.32. The van der Waals surface area contributed by atoms with Crippen LogP contribution < -0.4 is 4.74 Å². The molecule has 0 aromatic heterocycles. The maximum absolute atomic E-state index is 12.7. The first-order valence-corrected chi connectivity index (χ1v) is 10.6. The lowest BCUT2D eigenvalue weighted by atomic mass is 10.1. The maximum Gasteiger partial charge on any atom is 0.475 e. The second-order valence-corrected chi connectivity index (χ2v) is 7.48. The van der Waals surface area contributed by atoms with Crippen LogP contribution in [0.15, 0.2) is 47.6 Å². The minimum Gasteiger partial charge on any atom is -0.466 e. The number of halogens is 4. The summed E-state index contributed by atoms with van der Waals surface area (Å²) in [7, 11) is 1.15. The Hall–Kier alpha value is -3.91. The fourth-order valence-corrected chi connectivity index (χ4v) is 2.75. The summed E-state index contributed by atoms with van der Waals surface area (Å²) >= 11 is 5.76. The van der Waals surface area contributed by atoms with Crippen molar-refractivity contribution in [3.8, 4) is 5.75 Å². The monoisotopic (exact) mass is 548 g/mol. The number of nitro groups is 1. The van der Waals surface area contributed by atoms with Crippen LogP contribution in [0.25, 0.3) is 0 Å². The highest BCUT2D eigenvalue weighted by Crippen LogP contribution is 2.35. The molecule has 0 spiro atoms. The van der Waals surface area contributed by atoms with Crippen molar-refractivity contribution in [2.45, 2.75) is 32.2 Å². The molecule has 15 heteroatoms. The molecule has 200 valence electrons. The van der Waals surface area contributed by atoms with Crippen LogP contribution >= 0.6 is 11.6 Å². The molecule has 0 saturated carbocycles. The van der Waals surface area contributed by atoms with E-state index in [0.717, 1.165) is 13.2 Å². The summed E-state index contributed by atoms with van der Waals surface area (Å²) in [6, 6.07) is 8.36. The van der Waals surface area contributed by atoms with Gasteiger partial charge in [-0.1, -0.05) is 41.0 Å². The van der Waals surface area contributed by atoms with Crippen molar-refractivity contribution >= 4 is 29.8 Å². The van der Waals surface area contributed by atoms with Gasteiger partial charge in [0.2, 0.25) is 6.61 Å². The van der Waals surface area contributed by atoms with Gasteiger partial charge in [0.25, 0.3) is 0 Å². The van der Waals surface area contributed by atoms with E-state index in [9.17, 15) is 32.9 Å². The molecule has 2 rings (SSSR count). The zero-order chi connectivity index (χ0) is 27.6. The van der Waals surface area contributed by atoms with Gasteiger partial charge < -0.3 is 19.0 Å². The predicted molar refractivity (Wildman–Crippen MR) is 120 cm³/mol. The van der Waals surface area contributed by atoms with Crippen LogP contribution in [-0.4, -0.2) is 49.3 Å². The fourth-order valence-electron chi connectivity index (χ4n) is 2.52. The lowest BCUT2D eigenvalue weighted by Crippen LogP contribution is -2.29. The summed E-state index contributed by atoms with van der Waals surface area (Å²) in [6.07, 6.45) is -6.49. The quantitative estimate of drug-likeness (QED) is 0.127. The lowest BCUT2D eigenvalue weighted by Gasteiger charge is -2.14. The molecule has 0 N–H and O–H groups in total. The summed E-state index contributed by atoms with van der Waals surface area (Å²) in [4.78, 5) is 37.9. The molecule has 37 heavy (non-hydrogen) atoms. The third-order valence-corrected chi connectivity index (χ3v) is 4.63. The lowest BCUT2D eigenvalue weighted by molar-refractivity contribution is -0.621. The summed E-state index contributed by atoms with van der Waals surface area (Å²) in [5.74, 6) is -1.91. The van der Waals surface area contributed by atoms with Gasteiger partial charge in [0.15, 0.2) is 6.10 Å². The van der Waals surface area contributed by atoms with Crippen LogP contribution in [0.3, 0.4) is 0 Å². The zero-order valence-electron chi connectivity index (χ0n) is 19.3. The van der Waals surface area contributed by atoms with Gasteiger partial charge in [-0.25, -0.2) is 9.59 Å². The van der Waals surface area contributed by atoms with Gasteiger partial charge in [-0.05, 0) is 36.2 Å². The number of carbonyl (C=O) groups excluding carboxylic acids is 2. The average molecular weight is 549 g/mol. The van der Waals surface area contributed by atoms with Crippen molar-refractivity contribution in [1.29, 1.82) is 0 Å².